The zero-order valence-corrected chi connectivity index (χ0v) is 10.0. The van der Waals surface area contributed by atoms with E-state index in [1.165, 1.54) is 11.9 Å². The van der Waals surface area contributed by atoms with Crippen molar-refractivity contribution in [1.82, 2.24) is 20.0 Å². The lowest BCUT2D eigenvalue weighted by atomic mass is 10.2. The van der Waals surface area contributed by atoms with Crippen LogP contribution in [0.1, 0.15) is 12.1 Å². The molecule has 0 bridgehead atoms. The van der Waals surface area contributed by atoms with E-state index < -0.39 is 0 Å². The minimum atomic E-state index is -0.365. The van der Waals surface area contributed by atoms with E-state index in [-0.39, 0.29) is 24.3 Å². The van der Waals surface area contributed by atoms with Gasteiger partial charge in [-0.1, -0.05) is 0 Å². The summed E-state index contributed by atoms with van der Waals surface area (Å²) in [4.78, 5) is 24.0. The Morgan fingerprint density at radius 1 is 1.47 bits per heavy atom. The second-order valence-electron chi connectivity index (χ2n) is 4.23. The molecule has 0 aliphatic carbocycles. The summed E-state index contributed by atoms with van der Waals surface area (Å²) in [6.45, 7) is 0.647. The Morgan fingerprint density at radius 3 is 2.76 bits per heavy atom. The van der Waals surface area contributed by atoms with Crippen LogP contribution in [0.3, 0.4) is 0 Å². The number of nitrogens with one attached hydrogen (secondary N) is 1. The van der Waals surface area contributed by atoms with Gasteiger partial charge in [0.05, 0.1) is 18.2 Å². The van der Waals surface area contributed by atoms with Gasteiger partial charge in [-0.2, -0.15) is 5.10 Å². The molecule has 0 radical (unpaired) electrons. The predicted octanol–water partition coefficient (Wildman–Crippen LogP) is -0.690. The van der Waals surface area contributed by atoms with Crippen molar-refractivity contribution in [3.63, 3.8) is 0 Å². The number of amides is 2. The van der Waals surface area contributed by atoms with Crippen LogP contribution in [0.15, 0.2) is 12.3 Å². The van der Waals surface area contributed by atoms with Crippen molar-refractivity contribution in [3.05, 3.63) is 18.0 Å². The number of aryl methyl sites for hydroxylation is 1. The number of likely N-dealkylation sites (N-methyl/N-ethyl adjacent to an activating group) is 1. The number of aromatic nitrogens is 2. The Labute approximate surface area is 99.6 Å². The third-order valence-electron chi connectivity index (χ3n) is 2.92. The molecular formula is C11H16N4O2. The van der Waals surface area contributed by atoms with Gasteiger partial charge in [-0.15, -0.1) is 0 Å². The van der Waals surface area contributed by atoms with Gasteiger partial charge >= 0.3 is 0 Å². The molecular weight excluding hydrogens is 220 g/mol. The van der Waals surface area contributed by atoms with Crippen molar-refractivity contribution in [1.29, 1.82) is 0 Å². The normalized spacial score (nSPS) is 20.4. The van der Waals surface area contributed by atoms with E-state index in [0.29, 0.717) is 6.54 Å². The highest BCUT2D eigenvalue weighted by molar-refractivity contribution is 6.05. The smallest absolute Gasteiger partial charge is 0.246 e. The molecule has 0 aromatic carbocycles. The summed E-state index contributed by atoms with van der Waals surface area (Å²) in [5.41, 5.74) is 0.977. The van der Waals surface area contributed by atoms with E-state index >= 15 is 0 Å². The van der Waals surface area contributed by atoms with Crippen LogP contribution >= 0.6 is 0 Å². The van der Waals surface area contributed by atoms with E-state index in [9.17, 15) is 9.59 Å². The van der Waals surface area contributed by atoms with Gasteiger partial charge in [0.25, 0.3) is 0 Å². The second-order valence-corrected chi connectivity index (χ2v) is 4.23. The van der Waals surface area contributed by atoms with Crippen LogP contribution in [0.5, 0.6) is 0 Å². The highest BCUT2D eigenvalue weighted by Gasteiger charge is 2.35. The minimum absolute atomic E-state index is 0.120. The molecule has 1 N–H and O–H groups in total. The number of hydrogen-bond acceptors (Lipinski definition) is 4. The zero-order valence-electron chi connectivity index (χ0n) is 10.0. The number of nitrogens with zero attached hydrogens (tertiary/aromatic N) is 3. The molecule has 0 spiro atoms. The summed E-state index contributed by atoms with van der Waals surface area (Å²) < 4.78 is 1.74. The van der Waals surface area contributed by atoms with Crippen LogP contribution in [-0.2, 0) is 23.1 Å². The van der Waals surface area contributed by atoms with Crippen molar-refractivity contribution < 1.29 is 9.59 Å². The Balaban J connectivity index is 1.80. The maximum atomic E-state index is 11.6. The van der Waals surface area contributed by atoms with Crippen molar-refractivity contribution in [2.24, 2.45) is 7.05 Å². The summed E-state index contributed by atoms with van der Waals surface area (Å²) >= 11 is 0. The first-order chi connectivity index (χ1) is 8.08. The fraction of sp³-hybridized carbons (Fsp3) is 0.545. The molecule has 1 aliphatic rings. The highest BCUT2D eigenvalue weighted by atomic mass is 16.2. The SMILES string of the molecule is CN1C(=O)CC(NCCc2ccn(C)n2)C1=O. The van der Waals surface area contributed by atoms with E-state index in [1.54, 1.807) is 4.68 Å². The van der Waals surface area contributed by atoms with Crippen molar-refractivity contribution in [2.75, 3.05) is 13.6 Å². The molecule has 1 fully saturated rings. The first-order valence-corrected chi connectivity index (χ1v) is 5.60. The largest absolute Gasteiger partial charge is 0.305 e. The van der Waals surface area contributed by atoms with Crippen LogP contribution in [0, 0.1) is 0 Å². The Hall–Kier alpha value is -1.69. The van der Waals surface area contributed by atoms with Crippen LogP contribution < -0.4 is 5.32 Å². The Morgan fingerprint density at radius 2 is 2.24 bits per heavy atom. The maximum absolute atomic E-state index is 11.6. The molecule has 1 atom stereocenters. The van der Waals surface area contributed by atoms with Gasteiger partial charge in [0.2, 0.25) is 11.8 Å². The number of imide groups is 1. The van der Waals surface area contributed by atoms with E-state index in [0.717, 1.165) is 12.1 Å². The fourth-order valence-electron chi connectivity index (χ4n) is 1.89. The van der Waals surface area contributed by atoms with Crippen LogP contribution in [-0.4, -0.2) is 46.1 Å². The van der Waals surface area contributed by atoms with Crippen LogP contribution in [0.2, 0.25) is 0 Å². The van der Waals surface area contributed by atoms with Crippen LogP contribution in [0.25, 0.3) is 0 Å². The first-order valence-electron chi connectivity index (χ1n) is 5.60. The molecule has 1 unspecified atom stereocenters. The van der Waals surface area contributed by atoms with E-state index in [4.69, 9.17) is 0 Å². The first kappa shape index (κ1) is 11.8. The number of hydrogen-bond donors (Lipinski definition) is 1. The van der Waals surface area contributed by atoms with E-state index in [2.05, 4.69) is 10.4 Å². The monoisotopic (exact) mass is 236 g/mol. The summed E-state index contributed by atoms with van der Waals surface area (Å²) in [5.74, 6) is -0.263. The maximum Gasteiger partial charge on any atom is 0.246 e. The standard InChI is InChI=1S/C11H16N4O2/c1-14-6-4-8(13-14)3-5-12-9-7-10(16)15(2)11(9)17/h4,6,9,12H,3,5,7H2,1-2H3. The molecule has 2 rings (SSSR count). The number of carbonyl (C=O) groups is 2. The molecule has 2 amide bonds. The molecule has 17 heavy (non-hydrogen) atoms. The Kier molecular flexibility index (Phi) is 3.23. The van der Waals surface area contributed by atoms with E-state index in [1.807, 2.05) is 19.3 Å². The third-order valence-corrected chi connectivity index (χ3v) is 2.92. The van der Waals surface area contributed by atoms with Crippen molar-refractivity contribution in [3.8, 4) is 0 Å². The summed E-state index contributed by atoms with van der Waals surface area (Å²) in [6, 6.07) is 1.58. The third kappa shape index (κ3) is 2.52. The fourth-order valence-corrected chi connectivity index (χ4v) is 1.89. The molecule has 0 saturated carbocycles. The topological polar surface area (TPSA) is 67.2 Å². The second kappa shape index (κ2) is 4.67. The molecule has 92 valence electrons. The molecule has 6 heteroatoms. The lowest BCUT2D eigenvalue weighted by Crippen LogP contribution is -2.38. The number of carbonyl (C=O) groups excluding carboxylic acids is 2. The van der Waals surface area contributed by atoms with Gasteiger partial charge in [0.1, 0.15) is 0 Å². The lowest BCUT2D eigenvalue weighted by molar-refractivity contribution is -0.137. The highest BCUT2D eigenvalue weighted by Crippen LogP contribution is 2.10. The van der Waals surface area contributed by atoms with Crippen molar-refractivity contribution in [2.45, 2.75) is 18.9 Å². The minimum Gasteiger partial charge on any atom is -0.305 e. The molecule has 2 heterocycles. The summed E-state index contributed by atoms with van der Waals surface area (Å²) in [7, 11) is 3.39. The van der Waals surface area contributed by atoms with Gasteiger partial charge < -0.3 is 5.32 Å². The van der Waals surface area contributed by atoms with Crippen LogP contribution in [0.4, 0.5) is 0 Å². The number of rotatable bonds is 4. The summed E-state index contributed by atoms with van der Waals surface area (Å²) in [5, 5.41) is 7.33. The molecule has 1 aliphatic heterocycles. The van der Waals surface area contributed by atoms with Gasteiger partial charge in [-0.25, -0.2) is 0 Å². The zero-order chi connectivity index (χ0) is 12.4. The van der Waals surface area contributed by atoms with Gasteiger partial charge in [-0.05, 0) is 6.07 Å². The van der Waals surface area contributed by atoms with Gasteiger partial charge in [0.15, 0.2) is 0 Å². The van der Waals surface area contributed by atoms with Crippen molar-refractivity contribution >= 4 is 11.8 Å². The molecule has 6 nitrogen and oxygen atoms in total. The Bertz CT molecular complexity index is 440. The van der Waals surface area contributed by atoms with Gasteiger partial charge in [0, 0.05) is 33.3 Å². The average molecular weight is 236 g/mol. The number of likely N-dealkylation sites (tertiary alicyclic amines) is 1. The van der Waals surface area contributed by atoms with Gasteiger partial charge in [-0.3, -0.25) is 19.2 Å². The quantitative estimate of drug-likeness (QED) is 0.703. The lowest BCUT2D eigenvalue weighted by Gasteiger charge is -2.09. The predicted molar refractivity (Wildman–Crippen MR) is 61.1 cm³/mol. The molecule has 1 aromatic rings. The summed E-state index contributed by atoms with van der Waals surface area (Å²) in [6.07, 6.45) is 2.90. The molecule has 1 saturated heterocycles. The average Bonchev–Trinajstić information content (AvgIpc) is 2.80. The molecule has 1 aromatic heterocycles.